The lowest BCUT2D eigenvalue weighted by atomic mass is 9.81. The third-order valence-electron chi connectivity index (χ3n) is 3.29. The predicted molar refractivity (Wildman–Crippen MR) is 68.7 cm³/mol. The van der Waals surface area contributed by atoms with Crippen molar-refractivity contribution in [3.05, 3.63) is 18.0 Å². The van der Waals surface area contributed by atoms with Gasteiger partial charge in [0.25, 0.3) is 5.91 Å². The maximum absolute atomic E-state index is 12.0. The van der Waals surface area contributed by atoms with Gasteiger partial charge in [-0.15, -0.1) is 0 Å². The third-order valence-corrected chi connectivity index (χ3v) is 3.68. The van der Waals surface area contributed by atoms with Crippen molar-refractivity contribution in [1.29, 1.82) is 0 Å². The molecule has 0 bridgehead atoms. The molecule has 1 saturated carbocycles. The molecule has 1 heterocycles. The summed E-state index contributed by atoms with van der Waals surface area (Å²) in [4.78, 5) is 12.4. The monoisotopic (exact) mass is 252 g/mol. The highest BCUT2D eigenvalue weighted by atomic mass is 32.1. The van der Waals surface area contributed by atoms with Crippen molar-refractivity contribution in [2.75, 3.05) is 0 Å². The molecule has 1 aromatic rings. The highest BCUT2D eigenvalue weighted by Gasteiger charge is 2.36. The van der Waals surface area contributed by atoms with Crippen molar-refractivity contribution in [1.82, 2.24) is 15.5 Å². The van der Waals surface area contributed by atoms with Gasteiger partial charge in [-0.05, 0) is 12.8 Å². The van der Waals surface area contributed by atoms with Crippen molar-refractivity contribution in [3.8, 4) is 0 Å². The van der Waals surface area contributed by atoms with Crippen LogP contribution in [0.5, 0.6) is 0 Å². The lowest BCUT2D eigenvalue weighted by molar-refractivity contribution is 0.0908. The first-order valence-corrected chi connectivity index (χ1v) is 6.16. The summed E-state index contributed by atoms with van der Waals surface area (Å²) in [5.41, 5.74) is 5.79. The number of carbonyl (C=O) groups excluding carboxylic acids is 1. The van der Waals surface area contributed by atoms with E-state index in [1.54, 1.807) is 6.20 Å². The number of hydrogen-bond donors (Lipinski definition) is 3. The van der Waals surface area contributed by atoms with E-state index in [0.29, 0.717) is 10.6 Å². The minimum atomic E-state index is -0.512. The van der Waals surface area contributed by atoms with Crippen LogP contribution in [0.15, 0.2) is 12.4 Å². The van der Waals surface area contributed by atoms with Gasteiger partial charge in [0.05, 0.1) is 22.3 Å². The topological polar surface area (TPSA) is 83.8 Å². The van der Waals surface area contributed by atoms with Gasteiger partial charge in [0.15, 0.2) is 0 Å². The minimum Gasteiger partial charge on any atom is -0.391 e. The van der Waals surface area contributed by atoms with Crippen molar-refractivity contribution in [2.24, 2.45) is 5.73 Å². The number of nitrogens with zero attached hydrogens (tertiary/aromatic N) is 1. The van der Waals surface area contributed by atoms with Crippen LogP contribution in [0, 0.1) is 0 Å². The molecule has 0 saturated heterocycles. The fourth-order valence-electron chi connectivity index (χ4n) is 2.25. The molecule has 0 aromatic carbocycles. The van der Waals surface area contributed by atoms with Crippen molar-refractivity contribution >= 4 is 23.1 Å². The molecule has 92 valence electrons. The number of carbonyl (C=O) groups is 1. The standard InChI is InChI=1S/C11H16N4OS/c12-10(17)11(4-2-1-3-5-11)15-9(16)8-6-13-14-7-8/h6-7H,1-5H2,(H2,12,17)(H,13,14)(H,15,16). The largest absolute Gasteiger partial charge is 0.391 e. The van der Waals surface area contributed by atoms with Crippen LogP contribution in [0.2, 0.25) is 0 Å². The average Bonchev–Trinajstić information content (AvgIpc) is 2.83. The Morgan fingerprint density at radius 1 is 1.47 bits per heavy atom. The molecule has 0 aliphatic heterocycles. The van der Waals surface area contributed by atoms with Crippen LogP contribution in [0.3, 0.4) is 0 Å². The van der Waals surface area contributed by atoms with E-state index >= 15 is 0 Å². The summed E-state index contributed by atoms with van der Waals surface area (Å²) in [5.74, 6) is -0.173. The van der Waals surface area contributed by atoms with E-state index < -0.39 is 5.54 Å². The quantitative estimate of drug-likeness (QED) is 0.704. The molecule has 17 heavy (non-hydrogen) atoms. The normalized spacial score (nSPS) is 18.6. The van der Waals surface area contributed by atoms with E-state index in [-0.39, 0.29) is 5.91 Å². The summed E-state index contributed by atoms with van der Waals surface area (Å²) in [7, 11) is 0. The molecular formula is C11H16N4OS. The third kappa shape index (κ3) is 2.46. The molecule has 4 N–H and O–H groups in total. The van der Waals surface area contributed by atoms with Gasteiger partial charge in [-0.25, -0.2) is 0 Å². The molecule has 0 unspecified atom stereocenters. The fourth-order valence-corrected chi connectivity index (χ4v) is 2.51. The Morgan fingerprint density at radius 3 is 2.71 bits per heavy atom. The van der Waals surface area contributed by atoms with Gasteiger partial charge in [0.1, 0.15) is 0 Å². The van der Waals surface area contributed by atoms with E-state index in [1.165, 1.54) is 12.6 Å². The van der Waals surface area contributed by atoms with Crippen molar-refractivity contribution in [3.63, 3.8) is 0 Å². The summed E-state index contributed by atoms with van der Waals surface area (Å²) in [6, 6.07) is 0. The second-order valence-electron chi connectivity index (χ2n) is 4.45. The van der Waals surface area contributed by atoms with Crippen molar-refractivity contribution in [2.45, 2.75) is 37.6 Å². The molecule has 0 atom stereocenters. The molecular weight excluding hydrogens is 236 g/mol. The SMILES string of the molecule is NC(=S)C1(NC(=O)c2cn[nH]c2)CCCCC1. The van der Waals surface area contributed by atoms with Crippen LogP contribution in [-0.2, 0) is 0 Å². The van der Waals surface area contributed by atoms with Crippen LogP contribution in [-0.4, -0.2) is 26.6 Å². The van der Waals surface area contributed by atoms with E-state index in [4.69, 9.17) is 18.0 Å². The zero-order valence-corrected chi connectivity index (χ0v) is 10.3. The summed E-state index contributed by atoms with van der Waals surface area (Å²) < 4.78 is 0. The number of H-pyrrole nitrogens is 1. The number of nitrogens with two attached hydrogens (primary N) is 1. The Labute approximate surface area is 105 Å². The zero-order valence-electron chi connectivity index (χ0n) is 9.53. The van der Waals surface area contributed by atoms with Gasteiger partial charge in [-0.3, -0.25) is 9.89 Å². The maximum atomic E-state index is 12.0. The first-order valence-electron chi connectivity index (χ1n) is 5.75. The number of aromatic nitrogens is 2. The molecule has 1 aliphatic carbocycles. The van der Waals surface area contributed by atoms with Gasteiger partial charge >= 0.3 is 0 Å². The van der Waals surface area contributed by atoms with E-state index in [9.17, 15) is 4.79 Å². The molecule has 2 rings (SSSR count). The Balaban J connectivity index is 2.13. The Hall–Kier alpha value is -1.43. The number of hydrogen-bond acceptors (Lipinski definition) is 3. The Kier molecular flexibility index (Phi) is 3.42. The molecule has 1 fully saturated rings. The summed E-state index contributed by atoms with van der Waals surface area (Å²) in [6.07, 6.45) is 7.96. The van der Waals surface area contributed by atoms with Crippen LogP contribution < -0.4 is 11.1 Å². The number of amides is 1. The first-order chi connectivity index (χ1) is 8.14. The minimum absolute atomic E-state index is 0.173. The smallest absolute Gasteiger partial charge is 0.255 e. The van der Waals surface area contributed by atoms with Crippen LogP contribution in [0.1, 0.15) is 42.5 Å². The lowest BCUT2D eigenvalue weighted by Gasteiger charge is -2.37. The van der Waals surface area contributed by atoms with E-state index in [2.05, 4.69) is 15.5 Å². The van der Waals surface area contributed by atoms with Gasteiger partial charge < -0.3 is 11.1 Å². The van der Waals surface area contributed by atoms with Gasteiger partial charge in [0, 0.05) is 6.20 Å². The Bertz CT molecular complexity index is 409. The lowest BCUT2D eigenvalue weighted by Crippen LogP contribution is -2.57. The van der Waals surface area contributed by atoms with Crippen LogP contribution in [0.4, 0.5) is 0 Å². The van der Waals surface area contributed by atoms with Gasteiger partial charge in [0.2, 0.25) is 0 Å². The maximum Gasteiger partial charge on any atom is 0.255 e. The van der Waals surface area contributed by atoms with Crippen molar-refractivity contribution < 1.29 is 4.79 Å². The first kappa shape index (κ1) is 12.0. The number of thiocarbonyl (C=S) groups is 1. The zero-order chi connectivity index (χ0) is 12.3. The summed E-state index contributed by atoms with van der Waals surface area (Å²) >= 11 is 5.12. The fraction of sp³-hybridized carbons (Fsp3) is 0.545. The van der Waals surface area contributed by atoms with Crippen LogP contribution >= 0.6 is 12.2 Å². The highest BCUT2D eigenvalue weighted by Crippen LogP contribution is 2.28. The summed E-state index contributed by atoms with van der Waals surface area (Å²) in [5, 5.41) is 9.34. The number of aromatic amines is 1. The van der Waals surface area contributed by atoms with Crippen LogP contribution in [0.25, 0.3) is 0 Å². The summed E-state index contributed by atoms with van der Waals surface area (Å²) in [6.45, 7) is 0. The number of rotatable bonds is 3. The molecule has 1 aliphatic rings. The van der Waals surface area contributed by atoms with E-state index in [1.807, 2.05) is 0 Å². The Morgan fingerprint density at radius 2 is 2.18 bits per heavy atom. The molecule has 1 aromatic heterocycles. The van der Waals surface area contributed by atoms with Gasteiger partial charge in [-0.1, -0.05) is 31.5 Å². The molecule has 5 nitrogen and oxygen atoms in total. The molecule has 1 amide bonds. The second kappa shape index (κ2) is 4.83. The average molecular weight is 252 g/mol. The molecule has 6 heteroatoms. The highest BCUT2D eigenvalue weighted by molar-refractivity contribution is 7.80. The predicted octanol–water partition coefficient (Wildman–Crippen LogP) is 1.13. The number of nitrogens with one attached hydrogen (secondary N) is 2. The van der Waals surface area contributed by atoms with Gasteiger partial charge in [-0.2, -0.15) is 5.10 Å². The molecule has 0 radical (unpaired) electrons. The molecule has 0 spiro atoms. The van der Waals surface area contributed by atoms with E-state index in [0.717, 1.165) is 25.7 Å². The second-order valence-corrected chi connectivity index (χ2v) is 4.89.